The highest BCUT2D eigenvalue weighted by molar-refractivity contribution is 6.21. The molecule has 0 saturated carbocycles. The minimum absolute atomic E-state index is 0.0656. The molecule has 0 aliphatic heterocycles. The van der Waals surface area contributed by atoms with Gasteiger partial charge in [0.2, 0.25) is 5.95 Å². The minimum Gasteiger partial charge on any atom is -0.455 e. The molecular formula is C48H28N4O. The lowest BCUT2D eigenvalue weighted by Gasteiger charge is -2.13. The molecule has 0 radical (unpaired) electrons. The SMILES string of the molecule is [2H]c1c([2H])c([2H])c2c(-c3c([2H])c([2H])c([2H])c4oc5c6c([2H])c([2H])c([2H])c([2H])c6c([2H])c([2H])c5c34)nc(-n3c4ccccc4c4cc5c6ccccc6n(-c6ccccc6)c5cc43)nc2c1[2H]. The van der Waals surface area contributed by atoms with E-state index in [2.05, 4.69) is 22.8 Å². The second-order valence-electron chi connectivity index (χ2n) is 12.8. The van der Waals surface area contributed by atoms with E-state index < -0.39 is 78.6 Å². The zero-order valence-electron chi connectivity index (χ0n) is 40.4. The van der Waals surface area contributed by atoms with Crippen LogP contribution in [0.3, 0.4) is 0 Å². The van der Waals surface area contributed by atoms with Crippen LogP contribution in [0, 0.1) is 0 Å². The fourth-order valence-corrected chi connectivity index (χ4v) is 7.77. The number of furan rings is 1. The van der Waals surface area contributed by atoms with E-state index in [4.69, 9.17) is 26.7 Å². The zero-order valence-corrected chi connectivity index (χ0v) is 27.4. The second kappa shape index (κ2) is 10.6. The average molecular weight is 690 g/mol. The summed E-state index contributed by atoms with van der Waals surface area (Å²) in [5.41, 5.74) is 2.65. The maximum atomic E-state index is 9.51. The summed E-state index contributed by atoms with van der Waals surface area (Å²) in [6.07, 6.45) is 0. The van der Waals surface area contributed by atoms with E-state index in [9.17, 15) is 5.48 Å². The van der Waals surface area contributed by atoms with Gasteiger partial charge in [0.15, 0.2) is 0 Å². The first-order valence-corrected chi connectivity index (χ1v) is 16.9. The van der Waals surface area contributed by atoms with E-state index in [1.54, 1.807) is 4.57 Å². The molecule has 5 nitrogen and oxygen atoms in total. The molecule has 246 valence electrons. The number of hydrogen-bond acceptors (Lipinski definition) is 3. The fraction of sp³-hybridized carbons (Fsp3) is 0. The van der Waals surface area contributed by atoms with Gasteiger partial charge in [0.05, 0.1) is 51.1 Å². The molecule has 4 heterocycles. The summed E-state index contributed by atoms with van der Waals surface area (Å²) in [6, 6.07) is 22.1. The first kappa shape index (κ1) is 18.8. The highest BCUT2D eigenvalue weighted by Gasteiger charge is 2.22. The van der Waals surface area contributed by atoms with Crippen LogP contribution >= 0.6 is 0 Å². The molecule has 5 heteroatoms. The minimum atomic E-state index is -0.650. The number of rotatable bonds is 3. The predicted octanol–water partition coefficient (Wildman–Crippen LogP) is 12.5. The lowest BCUT2D eigenvalue weighted by atomic mass is 9.99. The molecule has 12 aromatic rings. The third-order valence-corrected chi connectivity index (χ3v) is 9.99. The van der Waals surface area contributed by atoms with E-state index in [1.807, 2.05) is 72.8 Å². The predicted molar refractivity (Wildman–Crippen MR) is 218 cm³/mol. The highest BCUT2D eigenvalue weighted by atomic mass is 16.3. The molecule has 0 bridgehead atoms. The Balaban J connectivity index is 1.28. The smallest absolute Gasteiger partial charge is 0.235 e. The Morgan fingerprint density at radius 2 is 1.19 bits per heavy atom. The normalized spacial score (nSPS) is 15.6. The Morgan fingerprint density at radius 1 is 0.491 bits per heavy atom. The van der Waals surface area contributed by atoms with Crippen LogP contribution in [-0.2, 0) is 0 Å². The first-order valence-electron chi connectivity index (χ1n) is 23.4. The summed E-state index contributed by atoms with van der Waals surface area (Å²) in [4.78, 5) is 9.99. The third-order valence-electron chi connectivity index (χ3n) is 9.99. The molecule has 0 aliphatic carbocycles. The van der Waals surface area contributed by atoms with Gasteiger partial charge in [-0.25, -0.2) is 9.97 Å². The molecule has 12 rings (SSSR count). The standard InChI is InChI=1S/C48H28N4O/c1-2-14-30(15-3-1)51-40-22-10-7-17-32(40)37-27-38-33-18-8-11-23-41(33)52(43(38)28-42(37)51)48-49-39-21-9-6-19-34(39)46(50-48)35-20-12-24-44-45(35)36-26-25-29-13-4-5-16-31(29)47(36)53-44/h1-28H/i4D,5D,6D,9D,12D,13D,16D,19D,20D,21D,24D,25D,26D. The fourth-order valence-electron chi connectivity index (χ4n) is 7.77. The van der Waals surface area contributed by atoms with Gasteiger partial charge in [-0.3, -0.25) is 4.57 Å². The summed E-state index contributed by atoms with van der Waals surface area (Å²) in [5.74, 6) is -0.0656. The Hall–Kier alpha value is -7.24. The van der Waals surface area contributed by atoms with Crippen molar-refractivity contribution in [1.29, 1.82) is 0 Å². The van der Waals surface area contributed by atoms with Gasteiger partial charge in [-0.15, -0.1) is 0 Å². The number of benzene rings is 8. The van der Waals surface area contributed by atoms with Crippen molar-refractivity contribution in [3.8, 4) is 22.9 Å². The van der Waals surface area contributed by atoms with Crippen LogP contribution in [0.25, 0.3) is 110 Å². The number of para-hydroxylation sites is 4. The highest BCUT2D eigenvalue weighted by Crippen LogP contribution is 2.43. The van der Waals surface area contributed by atoms with Gasteiger partial charge in [-0.1, -0.05) is 115 Å². The van der Waals surface area contributed by atoms with Crippen molar-refractivity contribution in [2.45, 2.75) is 0 Å². The Kier molecular flexibility index (Phi) is 3.78. The van der Waals surface area contributed by atoms with Crippen LogP contribution in [0.15, 0.2) is 174 Å². The molecule has 0 unspecified atom stereocenters. The number of aromatic nitrogens is 4. The lowest BCUT2D eigenvalue weighted by Crippen LogP contribution is -2.03. The van der Waals surface area contributed by atoms with Crippen molar-refractivity contribution in [3.05, 3.63) is 170 Å². The number of nitrogens with zero attached hydrogens (tertiary/aromatic N) is 4. The van der Waals surface area contributed by atoms with Gasteiger partial charge >= 0.3 is 0 Å². The van der Waals surface area contributed by atoms with Crippen molar-refractivity contribution < 1.29 is 22.2 Å². The van der Waals surface area contributed by atoms with E-state index in [0.29, 0.717) is 11.0 Å². The quantitative estimate of drug-likeness (QED) is 0.185. The third kappa shape index (κ3) is 3.96. The topological polar surface area (TPSA) is 48.8 Å². The molecule has 0 atom stereocenters. The monoisotopic (exact) mass is 689 g/mol. The molecule has 0 saturated heterocycles. The summed E-state index contributed by atoms with van der Waals surface area (Å²) in [7, 11) is 0. The summed E-state index contributed by atoms with van der Waals surface area (Å²) < 4.78 is 126. The Labute approximate surface area is 320 Å². The van der Waals surface area contributed by atoms with Crippen LogP contribution in [0.5, 0.6) is 0 Å². The largest absolute Gasteiger partial charge is 0.455 e. The zero-order chi connectivity index (χ0) is 45.9. The van der Waals surface area contributed by atoms with Crippen molar-refractivity contribution in [2.24, 2.45) is 0 Å². The van der Waals surface area contributed by atoms with Crippen LogP contribution in [0.1, 0.15) is 17.8 Å². The molecule has 0 spiro atoms. The molecule has 8 aromatic carbocycles. The van der Waals surface area contributed by atoms with Crippen LogP contribution in [-0.4, -0.2) is 19.1 Å². The molecule has 0 amide bonds. The molecule has 0 fully saturated rings. The maximum absolute atomic E-state index is 9.51. The van der Waals surface area contributed by atoms with Crippen molar-refractivity contribution in [2.75, 3.05) is 0 Å². The lowest BCUT2D eigenvalue weighted by molar-refractivity contribution is 0.673. The van der Waals surface area contributed by atoms with E-state index in [0.717, 1.165) is 38.3 Å². The number of fused-ring (bicyclic) bond motifs is 12. The maximum Gasteiger partial charge on any atom is 0.235 e. The first-order chi connectivity index (χ1) is 31.7. The van der Waals surface area contributed by atoms with Crippen molar-refractivity contribution in [3.63, 3.8) is 0 Å². The van der Waals surface area contributed by atoms with Crippen LogP contribution in [0.4, 0.5) is 0 Å². The molecule has 0 aliphatic rings. The van der Waals surface area contributed by atoms with Gasteiger partial charge in [0.1, 0.15) is 11.2 Å². The van der Waals surface area contributed by atoms with Gasteiger partial charge in [-0.05, 0) is 59.9 Å². The summed E-state index contributed by atoms with van der Waals surface area (Å²) >= 11 is 0. The number of hydrogen-bond donors (Lipinski definition) is 0. The average Bonchev–Trinajstić information content (AvgIpc) is 3.99. The molecule has 4 aromatic heterocycles. The van der Waals surface area contributed by atoms with Crippen molar-refractivity contribution in [1.82, 2.24) is 19.1 Å². The summed E-state index contributed by atoms with van der Waals surface area (Å²) in [6.45, 7) is 0. The van der Waals surface area contributed by atoms with Gasteiger partial charge in [-0.2, -0.15) is 0 Å². The van der Waals surface area contributed by atoms with Gasteiger partial charge < -0.3 is 8.98 Å². The summed E-state index contributed by atoms with van der Waals surface area (Å²) in [5, 5.41) is 2.51. The van der Waals surface area contributed by atoms with Crippen LogP contribution in [0.2, 0.25) is 0 Å². The molecule has 0 N–H and O–H groups in total. The Morgan fingerprint density at radius 3 is 2.02 bits per heavy atom. The second-order valence-corrected chi connectivity index (χ2v) is 12.8. The van der Waals surface area contributed by atoms with E-state index in [1.165, 1.54) is 0 Å². The van der Waals surface area contributed by atoms with Crippen LogP contribution < -0.4 is 0 Å². The van der Waals surface area contributed by atoms with Gasteiger partial charge in [0.25, 0.3) is 0 Å². The molecular weight excluding hydrogens is 649 g/mol. The molecule has 53 heavy (non-hydrogen) atoms. The van der Waals surface area contributed by atoms with E-state index in [-0.39, 0.29) is 60.8 Å². The van der Waals surface area contributed by atoms with E-state index >= 15 is 0 Å². The Bertz CT molecular complexity index is 4220. The van der Waals surface area contributed by atoms with Crippen molar-refractivity contribution >= 4 is 87.2 Å². The van der Waals surface area contributed by atoms with Gasteiger partial charge in [0, 0.05) is 54.3 Å².